The molecular formula is C22H24N2O4S2. The van der Waals surface area contributed by atoms with Crippen LogP contribution in [0, 0.1) is 6.92 Å². The molecule has 0 saturated carbocycles. The number of aryl methyl sites for hydroxylation is 2. The summed E-state index contributed by atoms with van der Waals surface area (Å²) in [6, 6.07) is 13.1. The quantitative estimate of drug-likeness (QED) is 0.475. The summed E-state index contributed by atoms with van der Waals surface area (Å²) in [5.74, 6) is -0.588. The van der Waals surface area contributed by atoms with Gasteiger partial charge in [0.2, 0.25) is 0 Å². The minimum Gasteiger partial charge on any atom is -0.456 e. The van der Waals surface area contributed by atoms with Gasteiger partial charge in [-0.15, -0.1) is 11.3 Å². The van der Waals surface area contributed by atoms with Gasteiger partial charge >= 0.3 is 5.97 Å². The molecule has 1 aromatic heterocycles. The topological polar surface area (TPSA) is 76.6 Å². The summed E-state index contributed by atoms with van der Waals surface area (Å²) in [7, 11) is -2.33. The molecule has 0 radical (unpaired) electrons. The van der Waals surface area contributed by atoms with Gasteiger partial charge < -0.3 is 4.74 Å². The summed E-state index contributed by atoms with van der Waals surface area (Å²) in [5, 5.41) is 2.88. The first-order valence-corrected chi connectivity index (χ1v) is 11.9. The zero-order chi connectivity index (χ0) is 21.7. The Hall–Kier alpha value is -2.71. The average Bonchev–Trinajstić information content (AvgIpc) is 3.20. The zero-order valence-electron chi connectivity index (χ0n) is 17.2. The highest BCUT2D eigenvalue weighted by Crippen LogP contribution is 2.23. The molecule has 0 amide bonds. The van der Waals surface area contributed by atoms with Crippen LogP contribution in [0.1, 0.15) is 40.0 Å². The second kappa shape index (κ2) is 9.40. The molecule has 0 N–H and O–H groups in total. The average molecular weight is 445 g/mol. The number of carbonyl (C=O) groups is 1. The first-order valence-electron chi connectivity index (χ1n) is 9.57. The van der Waals surface area contributed by atoms with Crippen molar-refractivity contribution in [1.82, 2.24) is 4.98 Å². The normalized spacial score (nSPS) is 11.3. The zero-order valence-corrected chi connectivity index (χ0v) is 18.8. The van der Waals surface area contributed by atoms with Crippen LogP contribution in [0.3, 0.4) is 0 Å². The summed E-state index contributed by atoms with van der Waals surface area (Å²) in [4.78, 5) is 16.9. The van der Waals surface area contributed by atoms with E-state index in [1.807, 2.05) is 24.4 Å². The number of aromatic nitrogens is 1. The third-order valence-corrected chi connectivity index (χ3v) is 7.28. The van der Waals surface area contributed by atoms with E-state index in [2.05, 4.69) is 11.9 Å². The number of hydrogen-bond donors (Lipinski definition) is 0. The van der Waals surface area contributed by atoms with Gasteiger partial charge in [-0.05, 0) is 50.1 Å². The SMILES string of the molecule is CCCc1nc(COC(=O)c2cccc(S(=O)(=O)N(C)c3ccc(C)cc3)c2)cs1. The standard InChI is InChI=1S/C22H24N2O4S2/c1-4-6-21-23-18(15-29-21)14-28-22(25)17-7-5-8-20(13-17)30(26,27)24(3)19-11-9-16(2)10-12-19/h5,7-13,15H,4,6,14H2,1-3H3. The van der Waals surface area contributed by atoms with Crippen LogP contribution in [0.25, 0.3) is 0 Å². The van der Waals surface area contributed by atoms with Crippen LogP contribution < -0.4 is 4.31 Å². The predicted octanol–water partition coefficient (Wildman–Crippen LogP) is 4.59. The summed E-state index contributed by atoms with van der Waals surface area (Å²) in [5.41, 5.74) is 2.45. The van der Waals surface area contributed by atoms with Gasteiger partial charge in [-0.25, -0.2) is 18.2 Å². The Labute approximate surface area is 181 Å². The summed E-state index contributed by atoms with van der Waals surface area (Å²) in [6.07, 6.45) is 1.90. The van der Waals surface area contributed by atoms with Gasteiger partial charge in [0.15, 0.2) is 0 Å². The van der Waals surface area contributed by atoms with Crippen molar-refractivity contribution in [2.75, 3.05) is 11.4 Å². The molecule has 8 heteroatoms. The number of sulfonamides is 1. The van der Waals surface area contributed by atoms with Gasteiger partial charge in [0, 0.05) is 12.4 Å². The van der Waals surface area contributed by atoms with Gasteiger partial charge in [0.05, 0.1) is 26.8 Å². The van der Waals surface area contributed by atoms with Crippen LogP contribution >= 0.6 is 11.3 Å². The first kappa shape index (κ1) is 22.0. The highest BCUT2D eigenvalue weighted by atomic mass is 32.2. The molecule has 0 bridgehead atoms. The molecule has 30 heavy (non-hydrogen) atoms. The van der Waals surface area contributed by atoms with E-state index in [0.29, 0.717) is 11.4 Å². The third-order valence-electron chi connectivity index (χ3n) is 4.54. The van der Waals surface area contributed by atoms with Crippen LogP contribution in [0.2, 0.25) is 0 Å². The van der Waals surface area contributed by atoms with Crippen molar-refractivity contribution in [2.45, 2.75) is 38.2 Å². The summed E-state index contributed by atoms with van der Waals surface area (Å²) >= 11 is 1.54. The van der Waals surface area contributed by atoms with Crippen molar-refractivity contribution in [3.63, 3.8) is 0 Å². The van der Waals surface area contributed by atoms with Gasteiger partial charge in [-0.2, -0.15) is 0 Å². The van der Waals surface area contributed by atoms with Crippen molar-refractivity contribution in [2.24, 2.45) is 0 Å². The molecule has 3 rings (SSSR count). The van der Waals surface area contributed by atoms with Crippen molar-refractivity contribution >= 4 is 33.0 Å². The maximum atomic E-state index is 13.0. The smallest absolute Gasteiger partial charge is 0.338 e. The molecular weight excluding hydrogens is 420 g/mol. The van der Waals surface area contributed by atoms with Crippen molar-refractivity contribution in [3.8, 4) is 0 Å². The van der Waals surface area contributed by atoms with Crippen molar-refractivity contribution in [1.29, 1.82) is 0 Å². The van der Waals surface area contributed by atoms with Crippen LogP contribution in [0.15, 0.2) is 58.8 Å². The number of hydrogen-bond acceptors (Lipinski definition) is 6. The molecule has 0 fully saturated rings. The monoisotopic (exact) mass is 444 g/mol. The van der Waals surface area contributed by atoms with E-state index < -0.39 is 16.0 Å². The van der Waals surface area contributed by atoms with Crippen LogP contribution in [-0.2, 0) is 27.8 Å². The van der Waals surface area contributed by atoms with Gasteiger partial charge in [-0.1, -0.05) is 30.7 Å². The van der Waals surface area contributed by atoms with Gasteiger partial charge in [-0.3, -0.25) is 4.31 Å². The lowest BCUT2D eigenvalue weighted by Crippen LogP contribution is -2.26. The minimum atomic E-state index is -3.82. The number of esters is 1. The molecule has 0 spiro atoms. The van der Waals surface area contributed by atoms with Gasteiger partial charge in [0.25, 0.3) is 10.0 Å². The Kier molecular flexibility index (Phi) is 6.89. The molecule has 0 atom stereocenters. The molecule has 0 unspecified atom stereocenters. The lowest BCUT2D eigenvalue weighted by molar-refractivity contribution is 0.0468. The second-order valence-electron chi connectivity index (χ2n) is 6.89. The fourth-order valence-corrected chi connectivity index (χ4v) is 4.93. The van der Waals surface area contributed by atoms with E-state index in [0.717, 1.165) is 23.4 Å². The van der Waals surface area contributed by atoms with Crippen molar-refractivity contribution in [3.05, 3.63) is 75.7 Å². The van der Waals surface area contributed by atoms with Crippen molar-refractivity contribution < 1.29 is 17.9 Å². The number of ether oxygens (including phenoxy) is 1. The van der Waals surface area contributed by atoms with Crippen LogP contribution in [-0.4, -0.2) is 26.4 Å². The number of anilines is 1. The van der Waals surface area contributed by atoms with E-state index in [-0.39, 0.29) is 17.1 Å². The molecule has 6 nitrogen and oxygen atoms in total. The number of nitrogens with zero attached hydrogens (tertiary/aromatic N) is 2. The lowest BCUT2D eigenvalue weighted by Gasteiger charge is -2.20. The summed E-state index contributed by atoms with van der Waals surface area (Å²) < 4.78 is 32.5. The molecule has 158 valence electrons. The molecule has 2 aromatic carbocycles. The van der Waals surface area contributed by atoms with Crippen LogP contribution in [0.5, 0.6) is 0 Å². The molecule has 1 heterocycles. The van der Waals surface area contributed by atoms with E-state index in [9.17, 15) is 13.2 Å². The second-order valence-corrected chi connectivity index (χ2v) is 9.81. The molecule has 0 saturated heterocycles. The van der Waals surface area contributed by atoms with Crippen LogP contribution in [0.4, 0.5) is 5.69 Å². The Morgan fingerprint density at radius 1 is 1.17 bits per heavy atom. The number of benzene rings is 2. The largest absolute Gasteiger partial charge is 0.456 e. The number of thiazole rings is 1. The third kappa shape index (κ3) is 5.06. The number of carbonyl (C=O) groups excluding carboxylic acids is 1. The lowest BCUT2D eigenvalue weighted by atomic mass is 10.2. The van der Waals surface area contributed by atoms with E-state index in [1.54, 1.807) is 23.5 Å². The maximum absolute atomic E-state index is 13.0. The molecule has 0 aliphatic heterocycles. The fourth-order valence-electron chi connectivity index (χ4n) is 2.80. The highest BCUT2D eigenvalue weighted by molar-refractivity contribution is 7.92. The fraction of sp³-hybridized carbons (Fsp3) is 0.273. The van der Waals surface area contributed by atoms with E-state index in [4.69, 9.17) is 4.74 Å². The minimum absolute atomic E-state index is 0.0268. The Balaban J connectivity index is 1.73. The number of rotatable bonds is 8. The molecule has 0 aliphatic carbocycles. The Morgan fingerprint density at radius 3 is 2.60 bits per heavy atom. The first-order chi connectivity index (χ1) is 14.3. The summed E-state index contributed by atoms with van der Waals surface area (Å²) in [6.45, 7) is 4.07. The highest BCUT2D eigenvalue weighted by Gasteiger charge is 2.23. The van der Waals surface area contributed by atoms with E-state index >= 15 is 0 Å². The molecule has 3 aromatic rings. The molecule has 0 aliphatic rings. The van der Waals surface area contributed by atoms with Gasteiger partial charge in [0.1, 0.15) is 6.61 Å². The maximum Gasteiger partial charge on any atom is 0.338 e. The van der Waals surface area contributed by atoms with E-state index in [1.165, 1.54) is 35.6 Å². The Bertz CT molecular complexity index is 1120. The Morgan fingerprint density at radius 2 is 1.90 bits per heavy atom. The predicted molar refractivity (Wildman–Crippen MR) is 118 cm³/mol.